The van der Waals surface area contributed by atoms with Gasteiger partial charge in [0.1, 0.15) is 11.9 Å². The molecule has 0 bridgehead atoms. The van der Waals surface area contributed by atoms with Gasteiger partial charge in [0.15, 0.2) is 0 Å². The van der Waals surface area contributed by atoms with Crippen molar-refractivity contribution in [2.75, 3.05) is 16.8 Å². The predicted molar refractivity (Wildman–Crippen MR) is 121 cm³/mol. The van der Waals surface area contributed by atoms with Crippen LogP contribution in [0.4, 0.5) is 11.4 Å². The SMILES string of the molecule is CC(C)COc1ccc(C2Nc3ccccc3C(=O)N2c2ccc(Br)cc2)cc1. The van der Waals surface area contributed by atoms with E-state index in [-0.39, 0.29) is 12.1 Å². The van der Waals surface area contributed by atoms with Gasteiger partial charge in [-0.3, -0.25) is 9.69 Å². The summed E-state index contributed by atoms with van der Waals surface area (Å²) < 4.78 is 6.78. The first-order valence-corrected chi connectivity index (χ1v) is 10.5. The molecule has 0 spiro atoms. The van der Waals surface area contributed by atoms with Crippen LogP contribution in [0.2, 0.25) is 0 Å². The van der Waals surface area contributed by atoms with Gasteiger partial charge in [-0.25, -0.2) is 0 Å². The van der Waals surface area contributed by atoms with Crippen molar-refractivity contribution in [3.05, 3.63) is 88.4 Å². The monoisotopic (exact) mass is 450 g/mol. The summed E-state index contributed by atoms with van der Waals surface area (Å²) in [5, 5.41) is 3.53. The van der Waals surface area contributed by atoms with Gasteiger partial charge in [0, 0.05) is 15.8 Å². The molecule has 1 atom stereocenters. The number of carbonyl (C=O) groups excluding carboxylic acids is 1. The van der Waals surface area contributed by atoms with Crippen LogP contribution in [0.3, 0.4) is 0 Å². The van der Waals surface area contributed by atoms with Gasteiger partial charge in [-0.15, -0.1) is 0 Å². The molecule has 29 heavy (non-hydrogen) atoms. The van der Waals surface area contributed by atoms with Crippen molar-refractivity contribution in [3.8, 4) is 5.75 Å². The zero-order chi connectivity index (χ0) is 20.4. The normalized spacial score (nSPS) is 15.8. The van der Waals surface area contributed by atoms with Gasteiger partial charge in [0.2, 0.25) is 0 Å². The van der Waals surface area contributed by atoms with Crippen molar-refractivity contribution in [3.63, 3.8) is 0 Å². The number of halogens is 1. The highest BCUT2D eigenvalue weighted by molar-refractivity contribution is 9.10. The highest BCUT2D eigenvalue weighted by Gasteiger charge is 2.33. The quantitative estimate of drug-likeness (QED) is 0.498. The summed E-state index contributed by atoms with van der Waals surface area (Å²) in [5.74, 6) is 1.28. The van der Waals surface area contributed by atoms with Gasteiger partial charge < -0.3 is 10.1 Å². The average Bonchev–Trinajstić information content (AvgIpc) is 2.73. The van der Waals surface area contributed by atoms with Crippen LogP contribution in [0.1, 0.15) is 35.9 Å². The van der Waals surface area contributed by atoms with Crippen molar-refractivity contribution in [2.24, 2.45) is 5.92 Å². The molecule has 5 heteroatoms. The number of hydrogen-bond donors (Lipinski definition) is 1. The lowest BCUT2D eigenvalue weighted by Crippen LogP contribution is -2.43. The number of benzene rings is 3. The molecule has 1 aliphatic heterocycles. The van der Waals surface area contributed by atoms with Crippen LogP contribution in [0.15, 0.2) is 77.3 Å². The molecule has 4 nitrogen and oxygen atoms in total. The van der Waals surface area contributed by atoms with Crippen LogP contribution < -0.4 is 15.0 Å². The van der Waals surface area contributed by atoms with E-state index in [0.29, 0.717) is 18.1 Å². The Balaban J connectivity index is 1.71. The summed E-state index contributed by atoms with van der Waals surface area (Å²) in [6.07, 6.45) is -0.308. The molecule has 4 rings (SSSR count). The molecule has 1 unspecified atom stereocenters. The number of fused-ring (bicyclic) bond motifs is 1. The van der Waals surface area contributed by atoms with Gasteiger partial charge in [-0.2, -0.15) is 0 Å². The van der Waals surface area contributed by atoms with Crippen LogP contribution in [0.5, 0.6) is 5.75 Å². The first-order valence-electron chi connectivity index (χ1n) is 9.70. The lowest BCUT2D eigenvalue weighted by molar-refractivity contribution is 0.0975. The Morgan fingerprint density at radius 3 is 2.38 bits per heavy atom. The summed E-state index contributed by atoms with van der Waals surface area (Å²) in [5.41, 5.74) is 3.34. The van der Waals surface area contributed by atoms with E-state index in [0.717, 1.165) is 27.2 Å². The summed E-state index contributed by atoms with van der Waals surface area (Å²) >= 11 is 3.47. The highest BCUT2D eigenvalue weighted by Crippen LogP contribution is 2.37. The van der Waals surface area contributed by atoms with Crippen LogP contribution >= 0.6 is 15.9 Å². The molecule has 3 aromatic rings. The molecule has 0 fully saturated rings. The maximum atomic E-state index is 13.4. The minimum Gasteiger partial charge on any atom is -0.493 e. The van der Waals surface area contributed by atoms with Crippen LogP contribution in [-0.2, 0) is 0 Å². The third-order valence-electron chi connectivity index (χ3n) is 4.81. The van der Waals surface area contributed by atoms with Crippen molar-refractivity contribution in [1.29, 1.82) is 0 Å². The molecule has 1 aliphatic rings. The molecule has 3 aromatic carbocycles. The Bertz CT molecular complexity index is 1000. The third-order valence-corrected chi connectivity index (χ3v) is 5.34. The second-order valence-electron chi connectivity index (χ2n) is 7.52. The maximum absolute atomic E-state index is 13.4. The number of amides is 1. The van der Waals surface area contributed by atoms with E-state index >= 15 is 0 Å². The first-order chi connectivity index (χ1) is 14.0. The van der Waals surface area contributed by atoms with Crippen molar-refractivity contribution < 1.29 is 9.53 Å². The maximum Gasteiger partial charge on any atom is 0.262 e. The van der Waals surface area contributed by atoms with E-state index < -0.39 is 0 Å². The number of nitrogens with zero attached hydrogens (tertiary/aromatic N) is 1. The lowest BCUT2D eigenvalue weighted by Gasteiger charge is -2.38. The summed E-state index contributed by atoms with van der Waals surface area (Å²) in [6, 6.07) is 23.4. The second-order valence-corrected chi connectivity index (χ2v) is 8.43. The second kappa shape index (κ2) is 8.29. The average molecular weight is 451 g/mol. The Kier molecular flexibility index (Phi) is 5.58. The molecular formula is C24H23BrN2O2. The van der Waals surface area contributed by atoms with Crippen LogP contribution in [0.25, 0.3) is 0 Å². The minimum absolute atomic E-state index is 0.0215. The number of nitrogens with one attached hydrogen (secondary N) is 1. The molecule has 0 aromatic heterocycles. The number of para-hydroxylation sites is 1. The Labute approximate surface area is 179 Å². The van der Waals surface area contributed by atoms with E-state index in [1.54, 1.807) is 4.90 Å². The van der Waals surface area contributed by atoms with Crippen molar-refractivity contribution in [1.82, 2.24) is 0 Å². The molecule has 1 heterocycles. The standard InChI is InChI=1S/C24H23BrN2O2/c1-16(2)15-29-20-13-7-17(8-14-20)23-26-22-6-4-3-5-21(22)24(28)27(23)19-11-9-18(25)10-12-19/h3-14,16,23,26H,15H2,1-2H3. The Hall–Kier alpha value is -2.79. The minimum atomic E-state index is -0.308. The van der Waals surface area contributed by atoms with Crippen LogP contribution in [-0.4, -0.2) is 12.5 Å². The van der Waals surface area contributed by atoms with E-state index in [1.165, 1.54) is 0 Å². The van der Waals surface area contributed by atoms with Gasteiger partial charge in [-0.1, -0.05) is 54.0 Å². The molecule has 0 aliphatic carbocycles. The topological polar surface area (TPSA) is 41.6 Å². The van der Waals surface area contributed by atoms with Gasteiger partial charge >= 0.3 is 0 Å². The molecule has 1 amide bonds. The Morgan fingerprint density at radius 2 is 1.69 bits per heavy atom. The molecule has 0 saturated carbocycles. The first kappa shape index (κ1) is 19.5. The summed E-state index contributed by atoms with van der Waals surface area (Å²) in [4.78, 5) is 15.2. The molecule has 148 valence electrons. The zero-order valence-corrected chi connectivity index (χ0v) is 18.0. The van der Waals surface area contributed by atoms with Crippen molar-refractivity contribution in [2.45, 2.75) is 20.0 Å². The van der Waals surface area contributed by atoms with E-state index in [9.17, 15) is 4.79 Å². The number of rotatable bonds is 5. The largest absolute Gasteiger partial charge is 0.493 e. The van der Waals surface area contributed by atoms with Gasteiger partial charge in [-0.05, 0) is 60.0 Å². The van der Waals surface area contributed by atoms with E-state index in [2.05, 4.69) is 35.1 Å². The van der Waals surface area contributed by atoms with Crippen molar-refractivity contribution >= 4 is 33.2 Å². The Morgan fingerprint density at radius 1 is 1.00 bits per heavy atom. The van der Waals surface area contributed by atoms with Gasteiger partial charge in [0.25, 0.3) is 5.91 Å². The summed E-state index contributed by atoms with van der Waals surface area (Å²) in [6.45, 7) is 4.93. The van der Waals surface area contributed by atoms with Gasteiger partial charge in [0.05, 0.1) is 12.2 Å². The number of carbonyl (C=O) groups is 1. The molecule has 0 radical (unpaired) electrons. The number of anilines is 2. The highest BCUT2D eigenvalue weighted by atomic mass is 79.9. The molecular weight excluding hydrogens is 428 g/mol. The smallest absolute Gasteiger partial charge is 0.262 e. The lowest BCUT2D eigenvalue weighted by atomic mass is 10.0. The predicted octanol–water partition coefficient (Wildman–Crippen LogP) is 6.26. The fourth-order valence-electron chi connectivity index (χ4n) is 3.36. The number of ether oxygens (including phenoxy) is 1. The zero-order valence-electron chi connectivity index (χ0n) is 16.4. The number of hydrogen-bond acceptors (Lipinski definition) is 3. The van der Waals surface area contributed by atoms with Crippen LogP contribution in [0, 0.1) is 5.92 Å². The summed E-state index contributed by atoms with van der Waals surface area (Å²) in [7, 11) is 0. The fourth-order valence-corrected chi connectivity index (χ4v) is 3.63. The fraction of sp³-hybridized carbons (Fsp3) is 0.208. The molecule has 0 saturated heterocycles. The third kappa shape index (κ3) is 4.15. The molecule has 1 N–H and O–H groups in total. The van der Waals surface area contributed by atoms with E-state index in [4.69, 9.17) is 4.74 Å². The van der Waals surface area contributed by atoms with E-state index in [1.807, 2.05) is 72.8 Å².